The van der Waals surface area contributed by atoms with Crippen LogP contribution < -0.4 is 0 Å². The Hall–Kier alpha value is -1.32. The molecule has 0 bridgehead atoms. The van der Waals surface area contributed by atoms with Crippen molar-refractivity contribution in [3.63, 3.8) is 0 Å². The molecule has 1 rings (SSSR count). The summed E-state index contributed by atoms with van der Waals surface area (Å²) >= 11 is 0. The highest BCUT2D eigenvalue weighted by molar-refractivity contribution is 5.91. The van der Waals surface area contributed by atoms with Crippen LogP contribution in [0.1, 0.15) is 72.6 Å². The third-order valence-electron chi connectivity index (χ3n) is 4.82. The number of hydrogen-bond donors (Lipinski definition) is 0. The van der Waals surface area contributed by atoms with Gasteiger partial charge in [0.05, 0.1) is 6.10 Å². The van der Waals surface area contributed by atoms with Gasteiger partial charge in [0.15, 0.2) is 0 Å². The van der Waals surface area contributed by atoms with Gasteiger partial charge in [0.1, 0.15) is 6.10 Å². The molecule has 0 spiro atoms. The molecular formula is C19H32O4. The summed E-state index contributed by atoms with van der Waals surface area (Å²) in [6, 6.07) is 0. The Balaban J connectivity index is 2.29. The predicted octanol–water partition coefficient (Wildman–Crippen LogP) is 4.42. The molecule has 0 aliphatic heterocycles. The van der Waals surface area contributed by atoms with Gasteiger partial charge in [-0.2, -0.15) is 0 Å². The molecule has 0 aromatic rings. The van der Waals surface area contributed by atoms with Crippen LogP contribution in [0.25, 0.3) is 0 Å². The summed E-state index contributed by atoms with van der Waals surface area (Å²) in [5, 5.41) is 0. The highest BCUT2D eigenvalue weighted by Crippen LogP contribution is 2.32. The first-order valence-corrected chi connectivity index (χ1v) is 9.05. The van der Waals surface area contributed by atoms with Crippen LogP contribution in [-0.2, 0) is 19.1 Å². The molecule has 1 fully saturated rings. The molecule has 1 aliphatic carbocycles. The van der Waals surface area contributed by atoms with Crippen molar-refractivity contribution in [1.29, 1.82) is 0 Å². The van der Waals surface area contributed by atoms with Crippen molar-refractivity contribution in [1.82, 2.24) is 0 Å². The van der Waals surface area contributed by atoms with E-state index in [1.807, 2.05) is 13.8 Å². The average Bonchev–Trinajstić information content (AvgIpc) is 2.53. The molecule has 0 N–H and O–H groups in total. The van der Waals surface area contributed by atoms with Crippen LogP contribution in [0.5, 0.6) is 0 Å². The fourth-order valence-corrected chi connectivity index (χ4v) is 3.15. The lowest BCUT2D eigenvalue weighted by molar-refractivity contribution is -0.146. The lowest BCUT2D eigenvalue weighted by atomic mass is 9.79. The molecule has 0 heterocycles. The minimum absolute atomic E-state index is 0.0116. The molecule has 0 amide bonds. The third-order valence-corrected chi connectivity index (χ3v) is 4.82. The van der Waals surface area contributed by atoms with E-state index in [0.29, 0.717) is 0 Å². The average molecular weight is 324 g/mol. The predicted molar refractivity (Wildman–Crippen MR) is 90.9 cm³/mol. The maximum absolute atomic E-state index is 11.8. The van der Waals surface area contributed by atoms with Gasteiger partial charge in [0, 0.05) is 12.2 Å². The highest BCUT2D eigenvalue weighted by Gasteiger charge is 2.26. The second kappa shape index (κ2) is 10.5. The van der Waals surface area contributed by atoms with Crippen LogP contribution in [0.4, 0.5) is 0 Å². The van der Waals surface area contributed by atoms with Crippen molar-refractivity contribution in [2.24, 2.45) is 11.8 Å². The van der Waals surface area contributed by atoms with Gasteiger partial charge in [-0.05, 0) is 50.9 Å². The third kappa shape index (κ3) is 7.67. The fraction of sp³-hybridized carbons (Fsp3) is 0.789. The van der Waals surface area contributed by atoms with E-state index < -0.39 is 11.9 Å². The molecule has 4 nitrogen and oxygen atoms in total. The Morgan fingerprint density at radius 1 is 1.04 bits per heavy atom. The molecule has 0 saturated heterocycles. The number of rotatable bonds is 8. The normalized spacial score (nSPS) is 24.2. The Bertz CT molecular complexity index is 394. The van der Waals surface area contributed by atoms with Crippen molar-refractivity contribution in [2.45, 2.75) is 84.8 Å². The van der Waals surface area contributed by atoms with E-state index in [1.165, 1.54) is 18.6 Å². The summed E-state index contributed by atoms with van der Waals surface area (Å²) in [5.41, 5.74) is 0. The molecule has 132 valence electrons. The molecule has 0 aromatic carbocycles. The Morgan fingerprint density at radius 3 is 2.22 bits per heavy atom. The first-order chi connectivity index (χ1) is 11.0. The van der Waals surface area contributed by atoms with Gasteiger partial charge in [0.2, 0.25) is 0 Å². The molecule has 23 heavy (non-hydrogen) atoms. The Labute approximate surface area is 140 Å². The van der Waals surface area contributed by atoms with E-state index in [9.17, 15) is 9.59 Å². The number of carbonyl (C=O) groups excluding carboxylic acids is 2. The van der Waals surface area contributed by atoms with E-state index in [0.717, 1.165) is 50.4 Å². The summed E-state index contributed by atoms with van der Waals surface area (Å²) in [4.78, 5) is 23.3. The zero-order valence-electron chi connectivity index (χ0n) is 15.0. The summed E-state index contributed by atoms with van der Waals surface area (Å²) in [6.07, 6.45) is 9.28. The molecule has 1 saturated carbocycles. The summed E-state index contributed by atoms with van der Waals surface area (Å²) < 4.78 is 10.6. The SMILES string of the molecule is CCCC(C)OC(=O)/C=C/C(=O)OC1CCC(C(C)CC)CC1. The van der Waals surface area contributed by atoms with E-state index >= 15 is 0 Å². The fourth-order valence-electron chi connectivity index (χ4n) is 3.15. The molecule has 2 unspecified atom stereocenters. The summed E-state index contributed by atoms with van der Waals surface area (Å²) in [7, 11) is 0. The van der Waals surface area contributed by atoms with Gasteiger partial charge in [-0.15, -0.1) is 0 Å². The van der Waals surface area contributed by atoms with Crippen LogP contribution in [0.3, 0.4) is 0 Å². The van der Waals surface area contributed by atoms with Gasteiger partial charge in [0.25, 0.3) is 0 Å². The van der Waals surface area contributed by atoms with Crippen molar-refractivity contribution >= 4 is 11.9 Å². The Kier molecular flexibility index (Phi) is 8.97. The largest absolute Gasteiger partial charge is 0.460 e. The lowest BCUT2D eigenvalue weighted by Crippen LogP contribution is -2.26. The minimum Gasteiger partial charge on any atom is -0.460 e. The summed E-state index contributed by atoms with van der Waals surface area (Å²) in [5.74, 6) is 0.562. The van der Waals surface area contributed by atoms with Gasteiger partial charge < -0.3 is 9.47 Å². The number of ether oxygens (including phenoxy) is 2. The molecule has 4 heteroatoms. The van der Waals surface area contributed by atoms with Crippen molar-refractivity contribution in [2.75, 3.05) is 0 Å². The van der Waals surface area contributed by atoms with E-state index in [1.54, 1.807) is 0 Å². The van der Waals surface area contributed by atoms with Crippen LogP contribution in [-0.4, -0.2) is 24.1 Å². The zero-order valence-corrected chi connectivity index (χ0v) is 15.0. The van der Waals surface area contributed by atoms with Gasteiger partial charge in [-0.25, -0.2) is 9.59 Å². The van der Waals surface area contributed by atoms with Crippen LogP contribution in [0.15, 0.2) is 12.2 Å². The van der Waals surface area contributed by atoms with E-state index in [4.69, 9.17) is 9.47 Å². The topological polar surface area (TPSA) is 52.6 Å². The first kappa shape index (κ1) is 19.7. The molecule has 2 atom stereocenters. The summed E-state index contributed by atoms with van der Waals surface area (Å²) in [6.45, 7) is 8.41. The molecule has 0 aromatic heterocycles. The number of esters is 2. The van der Waals surface area contributed by atoms with Crippen molar-refractivity contribution < 1.29 is 19.1 Å². The Morgan fingerprint density at radius 2 is 1.65 bits per heavy atom. The first-order valence-electron chi connectivity index (χ1n) is 9.05. The number of hydrogen-bond acceptors (Lipinski definition) is 4. The lowest BCUT2D eigenvalue weighted by Gasteiger charge is -2.31. The van der Waals surface area contributed by atoms with Gasteiger partial charge >= 0.3 is 11.9 Å². The smallest absolute Gasteiger partial charge is 0.331 e. The maximum atomic E-state index is 11.8. The molecule has 0 radical (unpaired) electrons. The zero-order chi connectivity index (χ0) is 17.2. The van der Waals surface area contributed by atoms with Gasteiger partial charge in [-0.3, -0.25) is 0 Å². The van der Waals surface area contributed by atoms with Crippen molar-refractivity contribution in [3.8, 4) is 0 Å². The highest BCUT2D eigenvalue weighted by atomic mass is 16.5. The van der Waals surface area contributed by atoms with Crippen molar-refractivity contribution in [3.05, 3.63) is 12.2 Å². The standard InChI is InChI=1S/C19H32O4/c1-5-7-15(4)22-18(20)12-13-19(21)23-17-10-8-16(9-11-17)14(3)6-2/h12-17H,5-11H2,1-4H3/b13-12+. The van der Waals surface area contributed by atoms with Gasteiger partial charge in [-0.1, -0.05) is 33.6 Å². The van der Waals surface area contributed by atoms with Crippen LogP contribution in [0.2, 0.25) is 0 Å². The minimum atomic E-state index is -0.483. The van der Waals surface area contributed by atoms with E-state index in [-0.39, 0.29) is 12.2 Å². The van der Waals surface area contributed by atoms with Crippen LogP contribution >= 0.6 is 0 Å². The van der Waals surface area contributed by atoms with Crippen LogP contribution in [0, 0.1) is 11.8 Å². The molecule has 1 aliphatic rings. The maximum Gasteiger partial charge on any atom is 0.331 e. The van der Waals surface area contributed by atoms with E-state index in [2.05, 4.69) is 13.8 Å². The second-order valence-electron chi connectivity index (χ2n) is 6.73. The monoisotopic (exact) mass is 324 g/mol. The molecular weight excluding hydrogens is 292 g/mol. The number of carbonyl (C=O) groups is 2. The quantitative estimate of drug-likeness (QED) is 0.490. The second-order valence-corrected chi connectivity index (χ2v) is 6.73.